The van der Waals surface area contributed by atoms with Gasteiger partial charge < -0.3 is 20.9 Å². The fourth-order valence-corrected chi connectivity index (χ4v) is 1.69. The lowest BCUT2D eigenvalue weighted by Crippen LogP contribution is -2.09. The van der Waals surface area contributed by atoms with Gasteiger partial charge in [0.2, 0.25) is 0 Å². The van der Waals surface area contributed by atoms with Gasteiger partial charge in [-0.05, 0) is 36.7 Å². The molecule has 0 atom stereocenters. The van der Waals surface area contributed by atoms with Gasteiger partial charge in [-0.25, -0.2) is 9.59 Å². The van der Waals surface area contributed by atoms with Crippen LogP contribution in [-0.2, 0) is 16.0 Å². The van der Waals surface area contributed by atoms with Crippen LogP contribution in [0.25, 0.3) is 10.9 Å². The summed E-state index contributed by atoms with van der Waals surface area (Å²) in [6.07, 6.45) is 2.88. The lowest BCUT2D eigenvalue weighted by atomic mass is 10.1. The summed E-state index contributed by atoms with van der Waals surface area (Å²) in [7, 11) is 0. The van der Waals surface area contributed by atoms with Crippen LogP contribution in [0.3, 0.4) is 0 Å². The zero-order chi connectivity index (χ0) is 14.4. The van der Waals surface area contributed by atoms with E-state index in [0.29, 0.717) is 6.54 Å². The number of H-pyrrole nitrogens is 1. The Labute approximate surface area is 113 Å². The number of carboxylic acid groups (broad SMARTS) is 2. The molecule has 1 aromatic heterocycles. The normalized spacial score (nSPS) is 9.79. The second kappa shape index (κ2) is 6.77. The molecule has 0 saturated carbocycles. The highest BCUT2D eigenvalue weighted by molar-refractivity contribution is 6.31. The van der Waals surface area contributed by atoms with E-state index in [9.17, 15) is 0 Å². The molecule has 1 heterocycles. The smallest absolute Gasteiger partial charge is 0.414 e. The summed E-state index contributed by atoms with van der Waals surface area (Å²) in [5.41, 5.74) is 7.86. The molecule has 0 aliphatic rings. The van der Waals surface area contributed by atoms with Crippen LogP contribution < -0.4 is 5.73 Å². The van der Waals surface area contributed by atoms with E-state index in [1.54, 1.807) is 0 Å². The molecule has 0 unspecified atom stereocenters. The monoisotopic (exact) mass is 284 g/mol. The first kappa shape index (κ1) is 15.0. The van der Waals surface area contributed by atoms with Crippen molar-refractivity contribution in [2.24, 2.45) is 5.73 Å². The van der Waals surface area contributed by atoms with Crippen molar-refractivity contribution in [3.05, 3.63) is 35.0 Å². The molecule has 0 fully saturated rings. The highest BCUT2D eigenvalue weighted by Crippen LogP contribution is 2.22. The second-order valence-corrected chi connectivity index (χ2v) is 4.09. The fourth-order valence-electron chi connectivity index (χ4n) is 1.51. The molecule has 2 rings (SSSR count). The van der Waals surface area contributed by atoms with Crippen molar-refractivity contribution in [1.29, 1.82) is 0 Å². The number of nitrogens with two attached hydrogens (primary N) is 1. The molecule has 0 aliphatic heterocycles. The summed E-state index contributed by atoms with van der Waals surface area (Å²) < 4.78 is 0. The third kappa shape index (κ3) is 4.27. The van der Waals surface area contributed by atoms with Gasteiger partial charge in [-0.3, -0.25) is 0 Å². The average molecular weight is 285 g/mol. The molecule has 0 aliphatic carbocycles. The van der Waals surface area contributed by atoms with Gasteiger partial charge in [-0.15, -0.1) is 0 Å². The van der Waals surface area contributed by atoms with Crippen LogP contribution >= 0.6 is 11.6 Å². The van der Waals surface area contributed by atoms with Crippen molar-refractivity contribution < 1.29 is 19.8 Å². The van der Waals surface area contributed by atoms with Crippen molar-refractivity contribution in [1.82, 2.24) is 4.98 Å². The van der Waals surface area contributed by atoms with Crippen LogP contribution in [0.2, 0.25) is 5.02 Å². The lowest BCUT2D eigenvalue weighted by molar-refractivity contribution is -0.159. The van der Waals surface area contributed by atoms with E-state index in [1.165, 1.54) is 10.9 Å². The molecule has 0 radical (unpaired) electrons. The first-order chi connectivity index (χ1) is 8.95. The van der Waals surface area contributed by atoms with E-state index in [2.05, 4.69) is 4.98 Å². The minimum absolute atomic E-state index is 0.666. The zero-order valence-corrected chi connectivity index (χ0v) is 10.6. The fraction of sp³-hybridized carbons (Fsp3) is 0.167. The molecule has 0 saturated heterocycles. The molecule has 6 nitrogen and oxygen atoms in total. The first-order valence-corrected chi connectivity index (χ1v) is 5.75. The Morgan fingerprint density at radius 3 is 2.42 bits per heavy atom. The van der Waals surface area contributed by atoms with Gasteiger partial charge in [0.1, 0.15) is 0 Å². The number of hydrogen-bond donors (Lipinski definition) is 4. The summed E-state index contributed by atoms with van der Waals surface area (Å²) in [6.45, 7) is 0.666. The third-order valence-electron chi connectivity index (χ3n) is 2.33. The van der Waals surface area contributed by atoms with E-state index in [-0.39, 0.29) is 0 Å². The van der Waals surface area contributed by atoms with E-state index >= 15 is 0 Å². The molecule has 0 amide bonds. The van der Waals surface area contributed by atoms with Crippen molar-refractivity contribution >= 4 is 34.4 Å². The molecule has 0 spiro atoms. The number of aliphatic carboxylic acids is 2. The van der Waals surface area contributed by atoms with Crippen LogP contribution in [0.4, 0.5) is 0 Å². The van der Waals surface area contributed by atoms with Gasteiger partial charge in [0.25, 0.3) is 0 Å². The van der Waals surface area contributed by atoms with E-state index in [0.717, 1.165) is 17.0 Å². The number of hydrogen-bond acceptors (Lipinski definition) is 3. The second-order valence-electron chi connectivity index (χ2n) is 3.65. The Balaban J connectivity index is 0.000000258. The minimum atomic E-state index is -1.82. The highest BCUT2D eigenvalue weighted by Gasteiger charge is 2.04. The summed E-state index contributed by atoms with van der Waals surface area (Å²) in [5, 5.41) is 16.7. The number of carbonyl (C=O) groups is 2. The number of aromatic amines is 1. The number of benzene rings is 1. The third-order valence-corrected chi connectivity index (χ3v) is 2.56. The van der Waals surface area contributed by atoms with Gasteiger partial charge >= 0.3 is 11.9 Å². The van der Waals surface area contributed by atoms with E-state index in [4.69, 9.17) is 37.1 Å². The number of carboxylic acids is 2. The maximum atomic E-state index is 9.10. The van der Waals surface area contributed by atoms with Crippen LogP contribution in [0.1, 0.15) is 5.56 Å². The topological polar surface area (TPSA) is 116 Å². The predicted octanol–water partition coefficient (Wildman–Crippen LogP) is 1.48. The number of aromatic nitrogens is 1. The molecule has 102 valence electrons. The number of halogens is 1. The number of fused-ring (bicyclic) bond motifs is 1. The summed E-state index contributed by atoms with van der Waals surface area (Å²) >= 11 is 5.90. The van der Waals surface area contributed by atoms with Crippen LogP contribution in [0.15, 0.2) is 24.4 Å². The molecule has 2 aromatic rings. The van der Waals surface area contributed by atoms with Crippen LogP contribution in [0, 0.1) is 0 Å². The molecule has 19 heavy (non-hydrogen) atoms. The van der Waals surface area contributed by atoms with Crippen molar-refractivity contribution in [3.63, 3.8) is 0 Å². The molecule has 0 bridgehead atoms. The van der Waals surface area contributed by atoms with Crippen molar-refractivity contribution in [3.8, 4) is 0 Å². The maximum Gasteiger partial charge on any atom is 0.414 e. The Morgan fingerprint density at radius 1 is 1.26 bits per heavy atom. The van der Waals surface area contributed by atoms with E-state index in [1.807, 2.05) is 24.4 Å². The van der Waals surface area contributed by atoms with Gasteiger partial charge in [-0.2, -0.15) is 0 Å². The van der Waals surface area contributed by atoms with Crippen molar-refractivity contribution in [2.75, 3.05) is 6.54 Å². The summed E-state index contributed by atoms with van der Waals surface area (Å²) in [6, 6.07) is 5.84. The Morgan fingerprint density at radius 2 is 1.89 bits per heavy atom. The van der Waals surface area contributed by atoms with Gasteiger partial charge in [0.15, 0.2) is 0 Å². The lowest BCUT2D eigenvalue weighted by Gasteiger charge is -1.95. The minimum Gasteiger partial charge on any atom is -0.473 e. The highest BCUT2D eigenvalue weighted by atomic mass is 35.5. The molecule has 5 N–H and O–H groups in total. The predicted molar refractivity (Wildman–Crippen MR) is 71.3 cm³/mol. The molecule has 1 aromatic carbocycles. The van der Waals surface area contributed by atoms with Crippen molar-refractivity contribution in [2.45, 2.75) is 6.42 Å². The average Bonchev–Trinajstić information content (AvgIpc) is 2.73. The standard InChI is InChI=1S/C10H11ClN2.C2H2O4/c11-8-1-2-10-9(5-8)7(3-4-12)6-13-10;3-1(4)2(5)6/h1-2,5-6,13H,3-4,12H2;(H,3,4)(H,5,6). The largest absolute Gasteiger partial charge is 0.473 e. The molecular weight excluding hydrogens is 272 g/mol. The van der Waals surface area contributed by atoms with E-state index < -0.39 is 11.9 Å². The van der Waals surface area contributed by atoms with Crippen LogP contribution in [-0.4, -0.2) is 33.7 Å². The van der Waals surface area contributed by atoms with Gasteiger partial charge in [0, 0.05) is 22.1 Å². The number of rotatable bonds is 2. The molecular formula is C12H13ClN2O4. The maximum absolute atomic E-state index is 9.10. The first-order valence-electron chi connectivity index (χ1n) is 5.37. The SMILES string of the molecule is NCCc1c[nH]c2ccc(Cl)cc12.O=C(O)C(=O)O. The quantitative estimate of drug-likeness (QED) is 0.623. The Hall–Kier alpha value is -2.05. The summed E-state index contributed by atoms with van der Waals surface area (Å²) in [5.74, 6) is -3.65. The molecule has 7 heteroatoms. The van der Waals surface area contributed by atoms with Gasteiger partial charge in [-0.1, -0.05) is 11.6 Å². The Kier molecular flexibility index (Phi) is 5.35. The zero-order valence-electron chi connectivity index (χ0n) is 9.89. The van der Waals surface area contributed by atoms with Crippen LogP contribution in [0.5, 0.6) is 0 Å². The number of nitrogens with one attached hydrogen (secondary N) is 1. The summed E-state index contributed by atoms with van der Waals surface area (Å²) in [4.78, 5) is 21.4. The Bertz CT molecular complexity index is 582. The van der Waals surface area contributed by atoms with Gasteiger partial charge in [0.05, 0.1) is 0 Å².